The molecule has 0 bridgehead atoms. The van der Waals surface area contributed by atoms with Crippen LogP contribution in [0.15, 0.2) is 29.3 Å². The fourth-order valence-electron chi connectivity index (χ4n) is 1.76. The van der Waals surface area contributed by atoms with Gasteiger partial charge < -0.3 is 20.7 Å². The molecule has 6 nitrogen and oxygen atoms in total. The number of benzene rings is 1. The number of hydrogen-bond acceptors (Lipinski definition) is 3. The Morgan fingerprint density at radius 3 is 2.28 bits per heavy atom. The molecular formula is C17H28FIN4O2. The summed E-state index contributed by atoms with van der Waals surface area (Å²) in [4.78, 5) is 15.9. The molecule has 1 rings (SSSR count). The van der Waals surface area contributed by atoms with E-state index in [9.17, 15) is 9.18 Å². The summed E-state index contributed by atoms with van der Waals surface area (Å²) < 4.78 is 18.0. The van der Waals surface area contributed by atoms with Crippen molar-refractivity contribution in [3.63, 3.8) is 0 Å². The van der Waals surface area contributed by atoms with Gasteiger partial charge in [0.1, 0.15) is 11.4 Å². The second-order valence-corrected chi connectivity index (χ2v) is 6.18. The normalized spacial score (nSPS) is 11.3. The van der Waals surface area contributed by atoms with Crippen LogP contribution in [-0.2, 0) is 11.3 Å². The molecule has 8 heteroatoms. The summed E-state index contributed by atoms with van der Waals surface area (Å²) in [6.45, 7) is 9.49. The Bertz CT molecular complexity index is 545. The van der Waals surface area contributed by atoms with Crippen molar-refractivity contribution >= 4 is 36.0 Å². The molecule has 0 aliphatic carbocycles. The number of carbonyl (C=O) groups excluding carboxylic acids is 1. The minimum Gasteiger partial charge on any atom is -0.444 e. The Morgan fingerprint density at radius 1 is 1.12 bits per heavy atom. The van der Waals surface area contributed by atoms with Gasteiger partial charge in [0, 0.05) is 19.6 Å². The summed E-state index contributed by atoms with van der Waals surface area (Å²) >= 11 is 0. The second-order valence-electron chi connectivity index (χ2n) is 6.18. The Kier molecular flexibility index (Phi) is 11.1. The first-order valence-corrected chi connectivity index (χ1v) is 8.03. The van der Waals surface area contributed by atoms with E-state index >= 15 is 0 Å². The topological polar surface area (TPSA) is 74.8 Å². The van der Waals surface area contributed by atoms with Crippen LogP contribution in [0.3, 0.4) is 0 Å². The lowest BCUT2D eigenvalue weighted by Crippen LogP contribution is -2.42. The Morgan fingerprint density at radius 2 is 1.72 bits per heavy atom. The minimum absolute atomic E-state index is 0. The van der Waals surface area contributed by atoms with E-state index in [4.69, 9.17) is 4.74 Å². The summed E-state index contributed by atoms with van der Waals surface area (Å²) in [5.41, 5.74) is 0.406. The van der Waals surface area contributed by atoms with E-state index in [0.29, 0.717) is 25.6 Å². The molecule has 0 heterocycles. The average molecular weight is 466 g/mol. The van der Waals surface area contributed by atoms with E-state index in [1.165, 1.54) is 12.1 Å². The monoisotopic (exact) mass is 466 g/mol. The van der Waals surface area contributed by atoms with Crippen LogP contribution >= 0.6 is 24.0 Å². The first-order valence-electron chi connectivity index (χ1n) is 8.03. The minimum atomic E-state index is -0.511. The molecule has 1 aromatic rings. The van der Waals surface area contributed by atoms with Crippen LogP contribution in [-0.4, -0.2) is 37.3 Å². The van der Waals surface area contributed by atoms with Gasteiger partial charge in [0.2, 0.25) is 0 Å². The number of carbonyl (C=O) groups is 1. The zero-order valence-corrected chi connectivity index (χ0v) is 17.5. The highest BCUT2D eigenvalue weighted by molar-refractivity contribution is 14.0. The van der Waals surface area contributed by atoms with Crippen molar-refractivity contribution in [3.8, 4) is 0 Å². The number of aliphatic imine (C=N–C) groups is 1. The fourth-order valence-corrected chi connectivity index (χ4v) is 1.76. The number of amides is 1. The third kappa shape index (κ3) is 11.6. The van der Waals surface area contributed by atoms with Crippen molar-refractivity contribution in [2.45, 2.75) is 39.8 Å². The molecule has 0 fully saturated rings. The number of rotatable bonds is 6. The fraction of sp³-hybridized carbons (Fsp3) is 0.529. The number of guanidine groups is 1. The number of halogens is 2. The molecule has 3 N–H and O–H groups in total. The first kappa shape index (κ1) is 23.4. The van der Waals surface area contributed by atoms with Crippen molar-refractivity contribution in [2.24, 2.45) is 4.99 Å². The number of nitrogens with zero attached hydrogens (tertiary/aromatic N) is 1. The molecule has 0 spiro atoms. The van der Waals surface area contributed by atoms with Crippen LogP contribution in [0.1, 0.15) is 33.3 Å². The highest BCUT2D eigenvalue weighted by Gasteiger charge is 2.15. The smallest absolute Gasteiger partial charge is 0.407 e. The van der Waals surface area contributed by atoms with Crippen LogP contribution in [0.25, 0.3) is 0 Å². The van der Waals surface area contributed by atoms with Gasteiger partial charge in [-0.05, 0) is 45.4 Å². The maximum atomic E-state index is 12.9. The van der Waals surface area contributed by atoms with E-state index in [2.05, 4.69) is 20.9 Å². The molecule has 1 aromatic carbocycles. The molecule has 0 aliphatic heterocycles. The lowest BCUT2D eigenvalue weighted by atomic mass is 10.2. The molecule has 1 amide bonds. The van der Waals surface area contributed by atoms with E-state index < -0.39 is 11.7 Å². The van der Waals surface area contributed by atoms with Gasteiger partial charge in [0.25, 0.3) is 0 Å². The average Bonchev–Trinajstić information content (AvgIpc) is 2.49. The van der Waals surface area contributed by atoms with Crippen LogP contribution in [0.4, 0.5) is 9.18 Å². The molecular weight excluding hydrogens is 438 g/mol. The van der Waals surface area contributed by atoms with Crippen LogP contribution < -0.4 is 16.0 Å². The first-order chi connectivity index (χ1) is 11.3. The van der Waals surface area contributed by atoms with E-state index in [1.807, 2.05) is 27.7 Å². The summed E-state index contributed by atoms with van der Waals surface area (Å²) in [7, 11) is 0. The zero-order chi connectivity index (χ0) is 18.0. The molecule has 25 heavy (non-hydrogen) atoms. The molecule has 0 aliphatic rings. The van der Waals surface area contributed by atoms with Gasteiger partial charge >= 0.3 is 6.09 Å². The largest absolute Gasteiger partial charge is 0.444 e. The lowest BCUT2D eigenvalue weighted by molar-refractivity contribution is 0.0529. The van der Waals surface area contributed by atoms with Gasteiger partial charge in [-0.25, -0.2) is 14.2 Å². The quantitative estimate of drug-likeness (QED) is 0.261. The van der Waals surface area contributed by atoms with Crippen molar-refractivity contribution in [2.75, 3.05) is 19.6 Å². The molecule has 0 unspecified atom stereocenters. The number of nitrogens with one attached hydrogen (secondary N) is 3. The van der Waals surface area contributed by atoms with Gasteiger partial charge in [-0.2, -0.15) is 0 Å². The summed E-state index contributed by atoms with van der Waals surface area (Å²) in [5, 5.41) is 8.90. The predicted octanol–water partition coefficient (Wildman–Crippen LogP) is 3.02. The van der Waals surface area contributed by atoms with E-state index in [-0.39, 0.29) is 29.8 Å². The molecule has 0 atom stereocenters. The van der Waals surface area contributed by atoms with Gasteiger partial charge in [-0.3, -0.25) is 0 Å². The van der Waals surface area contributed by atoms with Gasteiger partial charge in [0.05, 0.1) is 6.54 Å². The van der Waals surface area contributed by atoms with Crippen molar-refractivity contribution in [1.82, 2.24) is 16.0 Å². The highest BCUT2D eigenvalue weighted by Crippen LogP contribution is 2.06. The molecule has 0 radical (unpaired) electrons. The third-order valence-corrected chi connectivity index (χ3v) is 2.76. The third-order valence-electron chi connectivity index (χ3n) is 2.76. The Labute approximate surface area is 166 Å². The molecule has 142 valence electrons. The molecule has 0 aromatic heterocycles. The highest BCUT2D eigenvalue weighted by atomic mass is 127. The number of alkyl carbamates (subject to hydrolysis) is 1. The van der Waals surface area contributed by atoms with Crippen LogP contribution in [0.2, 0.25) is 0 Å². The zero-order valence-electron chi connectivity index (χ0n) is 15.2. The Hall–Kier alpha value is -1.58. The van der Waals surface area contributed by atoms with E-state index in [1.54, 1.807) is 12.1 Å². The van der Waals surface area contributed by atoms with Crippen molar-refractivity contribution < 1.29 is 13.9 Å². The van der Waals surface area contributed by atoms with E-state index in [0.717, 1.165) is 12.1 Å². The maximum Gasteiger partial charge on any atom is 0.407 e. The summed E-state index contributed by atoms with van der Waals surface area (Å²) in [6.07, 6.45) is -0.447. The standard InChI is InChI=1S/C17H27FN4O2.HI/c1-5-19-15(22-12-13-6-8-14(18)9-7-13)20-10-11-21-16(23)24-17(2,3)4;/h6-9H,5,10-12H2,1-4H3,(H,21,23)(H2,19,20,22);1H. The van der Waals surface area contributed by atoms with Gasteiger partial charge in [-0.15, -0.1) is 24.0 Å². The number of ether oxygens (including phenoxy) is 1. The number of hydrogen-bond donors (Lipinski definition) is 3. The maximum absolute atomic E-state index is 12.9. The van der Waals surface area contributed by atoms with Crippen molar-refractivity contribution in [1.29, 1.82) is 0 Å². The molecule has 0 saturated carbocycles. The molecule has 0 saturated heterocycles. The van der Waals surface area contributed by atoms with Crippen molar-refractivity contribution in [3.05, 3.63) is 35.6 Å². The van der Waals surface area contributed by atoms with Crippen LogP contribution in [0, 0.1) is 5.82 Å². The summed E-state index contributed by atoms with van der Waals surface area (Å²) in [6, 6.07) is 6.23. The predicted molar refractivity (Wildman–Crippen MR) is 109 cm³/mol. The van der Waals surface area contributed by atoms with Gasteiger partial charge in [-0.1, -0.05) is 12.1 Å². The Balaban J connectivity index is 0.00000576. The summed E-state index contributed by atoms with van der Waals surface area (Å²) in [5.74, 6) is 0.369. The SMILES string of the molecule is CCNC(=NCc1ccc(F)cc1)NCCNC(=O)OC(C)(C)C.I. The van der Waals surface area contributed by atoms with Gasteiger partial charge in [0.15, 0.2) is 5.96 Å². The lowest BCUT2D eigenvalue weighted by Gasteiger charge is -2.19. The van der Waals surface area contributed by atoms with Crippen LogP contribution in [0.5, 0.6) is 0 Å². The second kappa shape index (κ2) is 11.9.